The van der Waals surface area contributed by atoms with Gasteiger partial charge in [0.05, 0.1) is 18.1 Å². The Morgan fingerprint density at radius 1 is 1.09 bits per heavy atom. The van der Waals surface area contributed by atoms with Crippen LogP contribution in [0.4, 0.5) is 5.69 Å². The maximum Gasteiger partial charge on any atom is 0.243 e. The van der Waals surface area contributed by atoms with E-state index < -0.39 is 16.1 Å². The van der Waals surface area contributed by atoms with Crippen molar-refractivity contribution >= 4 is 27.5 Å². The van der Waals surface area contributed by atoms with Crippen LogP contribution >= 0.6 is 0 Å². The van der Waals surface area contributed by atoms with Crippen molar-refractivity contribution in [2.24, 2.45) is 0 Å². The van der Waals surface area contributed by atoms with Gasteiger partial charge in [-0.1, -0.05) is 30.3 Å². The van der Waals surface area contributed by atoms with Crippen molar-refractivity contribution < 1.29 is 22.7 Å². The Bertz CT molecular complexity index is 1100. The standard InChI is InChI=1S/C23H27N3O5S/c1-17(27)26-21-8-7-20(32(29,30)25-11-13-31-14-12-25)15-19(21)16-22(26)23(28)24-10-9-18-5-3-2-4-6-18/h2-8,15,22H,9-14,16H2,1H3,(H,24,28)/t22-/m1/s1. The predicted octanol–water partition coefficient (Wildman–Crippen LogP) is 1.34. The fourth-order valence-corrected chi connectivity index (χ4v) is 5.68. The Kier molecular flexibility index (Phi) is 6.59. The molecule has 1 saturated heterocycles. The zero-order valence-electron chi connectivity index (χ0n) is 18.0. The van der Waals surface area contributed by atoms with Crippen LogP contribution in [-0.2, 0) is 37.2 Å². The molecule has 0 aromatic heterocycles. The van der Waals surface area contributed by atoms with Crippen LogP contribution in [0, 0.1) is 0 Å². The molecule has 2 aromatic rings. The maximum atomic E-state index is 13.0. The summed E-state index contributed by atoms with van der Waals surface area (Å²) in [4.78, 5) is 26.9. The first-order valence-corrected chi connectivity index (χ1v) is 12.1. The lowest BCUT2D eigenvalue weighted by Crippen LogP contribution is -2.47. The first-order valence-electron chi connectivity index (χ1n) is 10.7. The number of anilines is 1. The van der Waals surface area contributed by atoms with E-state index in [1.165, 1.54) is 22.2 Å². The van der Waals surface area contributed by atoms with Crippen molar-refractivity contribution in [1.29, 1.82) is 0 Å². The molecule has 8 nitrogen and oxygen atoms in total. The second kappa shape index (κ2) is 9.40. The summed E-state index contributed by atoms with van der Waals surface area (Å²) < 4.78 is 32.7. The molecule has 4 rings (SSSR count). The Morgan fingerprint density at radius 2 is 1.81 bits per heavy atom. The molecule has 2 amide bonds. The molecule has 2 aromatic carbocycles. The van der Waals surface area contributed by atoms with Gasteiger partial charge in [0.1, 0.15) is 6.04 Å². The van der Waals surface area contributed by atoms with E-state index in [-0.39, 0.29) is 23.1 Å². The number of nitrogens with one attached hydrogen (secondary N) is 1. The summed E-state index contributed by atoms with van der Waals surface area (Å²) in [6, 6.07) is 13.9. The van der Waals surface area contributed by atoms with Crippen molar-refractivity contribution in [2.45, 2.75) is 30.7 Å². The number of carbonyl (C=O) groups excluding carboxylic acids is 2. The predicted molar refractivity (Wildman–Crippen MR) is 120 cm³/mol. The third kappa shape index (κ3) is 4.55. The molecule has 1 N–H and O–H groups in total. The number of ether oxygens (including phenoxy) is 1. The summed E-state index contributed by atoms with van der Waals surface area (Å²) in [5.74, 6) is -0.499. The molecular weight excluding hydrogens is 430 g/mol. The molecule has 0 saturated carbocycles. The van der Waals surface area contributed by atoms with Crippen LogP contribution in [0.1, 0.15) is 18.1 Å². The van der Waals surface area contributed by atoms with Gasteiger partial charge < -0.3 is 10.1 Å². The molecule has 1 atom stereocenters. The Morgan fingerprint density at radius 3 is 2.50 bits per heavy atom. The molecule has 170 valence electrons. The Hall–Kier alpha value is -2.75. The third-order valence-electron chi connectivity index (χ3n) is 5.84. The lowest BCUT2D eigenvalue weighted by Gasteiger charge is -2.26. The number of hydrogen-bond acceptors (Lipinski definition) is 5. The van der Waals surface area contributed by atoms with Crippen molar-refractivity contribution in [2.75, 3.05) is 37.7 Å². The molecule has 2 aliphatic heterocycles. The van der Waals surface area contributed by atoms with E-state index in [0.29, 0.717) is 50.5 Å². The first-order chi connectivity index (χ1) is 15.4. The fraction of sp³-hybridized carbons (Fsp3) is 0.391. The van der Waals surface area contributed by atoms with Gasteiger partial charge in [-0.2, -0.15) is 4.31 Å². The Balaban J connectivity index is 1.50. The summed E-state index contributed by atoms with van der Waals surface area (Å²) >= 11 is 0. The van der Waals surface area contributed by atoms with Gasteiger partial charge in [-0.25, -0.2) is 8.42 Å². The second-order valence-electron chi connectivity index (χ2n) is 7.94. The smallest absolute Gasteiger partial charge is 0.243 e. The van der Waals surface area contributed by atoms with Crippen molar-refractivity contribution in [3.63, 3.8) is 0 Å². The largest absolute Gasteiger partial charge is 0.379 e. The highest BCUT2D eigenvalue weighted by atomic mass is 32.2. The van der Waals surface area contributed by atoms with Gasteiger partial charge in [-0.3, -0.25) is 14.5 Å². The van der Waals surface area contributed by atoms with Gasteiger partial charge in [0.2, 0.25) is 21.8 Å². The van der Waals surface area contributed by atoms with Crippen LogP contribution in [0.2, 0.25) is 0 Å². The van der Waals surface area contributed by atoms with E-state index in [9.17, 15) is 18.0 Å². The summed E-state index contributed by atoms with van der Waals surface area (Å²) in [7, 11) is -3.65. The van der Waals surface area contributed by atoms with Crippen molar-refractivity contribution in [3.8, 4) is 0 Å². The van der Waals surface area contributed by atoms with Gasteiger partial charge in [0.15, 0.2) is 0 Å². The topological polar surface area (TPSA) is 96.0 Å². The lowest BCUT2D eigenvalue weighted by atomic mass is 10.1. The molecule has 0 bridgehead atoms. The second-order valence-corrected chi connectivity index (χ2v) is 9.88. The molecule has 9 heteroatoms. The summed E-state index contributed by atoms with van der Waals surface area (Å²) in [6.07, 6.45) is 0.965. The monoisotopic (exact) mass is 457 g/mol. The van der Waals surface area contributed by atoms with Gasteiger partial charge in [0.25, 0.3) is 0 Å². The van der Waals surface area contributed by atoms with Gasteiger partial charge in [-0.05, 0) is 35.7 Å². The zero-order chi connectivity index (χ0) is 22.7. The van der Waals surface area contributed by atoms with Crippen LogP contribution in [-0.4, -0.2) is 63.4 Å². The van der Waals surface area contributed by atoms with Gasteiger partial charge >= 0.3 is 0 Å². The van der Waals surface area contributed by atoms with Crippen LogP contribution in [0.25, 0.3) is 0 Å². The van der Waals surface area contributed by atoms with Crippen LogP contribution in [0.15, 0.2) is 53.4 Å². The van der Waals surface area contributed by atoms with Crippen LogP contribution in [0.5, 0.6) is 0 Å². The number of nitrogens with zero attached hydrogens (tertiary/aromatic N) is 2. The highest BCUT2D eigenvalue weighted by Gasteiger charge is 2.38. The lowest BCUT2D eigenvalue weighted by molar-refractivity contribution is -0.125. The fourth-order valence-electron chi connectivity index (χ4n) is 4.22. The van der Waals surface area contributed by atoms with E-state index in [0.717, 1.165) is 5.56 Å². The summed E-state index contributed by atoms with van der Waals surface area (Å²) in [5.41, 5.74) is 2.38. The number of fused-ring (bicyclic) bond motifs is 1. The molecule has 32 heavy (non-hydrogen) atoms. The highest BCUT2D eigenvalue weighted by Crippen LogP contribution is 2.35. The molecule has 0 aliphatic carbocycles. The van der Waals surface area contributed by atoms with Gasteiger partial charge in [0, 0.05) is 38.7 Å². The average Bonchev–Trinajstić information content (AvgIpc) is 3.19. The van der Waals surface area contributed by atoms with E-state index in [1.807, 2.05) is 30.3 Å². The molecule has 1 fully saturated rings. The Labute approximate surface area is 188 Å². The molecular formula is C23H27N3O5S. The number of rotatable bonds is 6. The number of amides is 2. The number of hydrogen-bond donors (Lipinski definition) is 1. The molecule has 0 radical (unpaired) electrons. The van der Waals surface area contributed by atoms with Gasteiger partial charge in [-0.15, -0.1) is 0 Å². The van der Waals surface area contributed by atoms with E-state index in [4.69, 9.17) is 4.74 Å². The number of benzene rings is 2. The first kappa shape index (κ1) is 22.4. The quantitative estimate of drug-likeness (QED) is 0.706. The number of morpholine rings is 1. The van der Waals surface area contributed by atoms with E-state index in [1.54, 1.807) is 12.1 Å². The normalized spacial score (nSPS) is 18.9. The summed E-state index contributed by atoms with van der Waals surface area (Å²) in [6.45, 7) is 3.23. The average molecular weight is 458 g/mol. The number of carbonyl (C=O) groups is 2. The van der Waals surface area contributed by atoms with E-state index in [2.05, 4.69) is 5.32 Å². The maximum absolute atomic E-state index is 13.0. The SMILES string of the molecule is CC(=O)N1c2ccc(S(=O)(=O)N3CCOCC3)cc2C[C@@H]1C(=O)NCCc1ccccc1. The minimum absolute atomic E-state index is 0.173. The highest BCUT2D eigenvalue weighted by molar-refractivity contribution is 7.89. The van der Waals surface area contributed by atoms with Crippen molar-refractivity contribution in [3.05, 3.63) is 59.7 Å². The zero-order valence-corrected chi connectivity index (χ0v) is 18.8. The molecule has 2 aliphatic rings. The molecule has 0 spiro atoms. The molecule has 0 unspecified atom stereocenters. The molecule has 2 heterocycles. The van der Waals surface area contributed by atoms with E-state index >= 15 is 0 Å². The summed E-state index contributed by atoms with van der Waals surface area (Å²) in [5, 5.41) is 2.92. The third-order valence-corrected chi connectivity index (χ3v) is 7.74. The van der Waals surface area contributed by atoms with Crippen LogP contribution in [0.3, 0.4) is 0 Å². The van der Waals surface area contributed by atoms with Crippen LogP contribution < -0.4 is 10.2 Å². The number of sulfonamides is 1. The minimum atomic E-state index is -3.65. The minimum Gasteiger partial charge on any atom is -0.379 e. The van der Waals surface area contributed by atoms with Crippen molar-refractivity contribution in [1.82, 2.24) is 9.62 Å².